The second-order valence-electron chi connectivity index (χ2n) is 5.79. The first kappa shape index (κ1) is 23.5. The van der Waals surface area contributed by atoms with E-state index in [1.54, 1.807) is 0 Å². The summed E-state index contributed by atoms with van der Waals surface area (Å²) >= 11 is 2.04. The molecule has 1 aliphatic heterocycles. The molecule has 0 saturated carbocycles. The Hall–Kier alpha value is -0.460. The van der Waals surface area contributed by atoms with Gasteiger partial charge in [0.15, 0.2) is 0 Å². The number of anilines is 1. The topological polar surface area (TPSA) is 44.4 Å². The Morgan fingerprint density at radius 2 is 1.96 bits per heavy atom. The van der Waals surface area contributed by atoms with Crippen molar-refractivity contribution in [1.29, 1.82) is 0 Å². The van der Waals surface area contributed by atoms with Crippen LogP contribution < -0.4 is 10.6 Å². The maximum Gasteiger partial charge on any atom is 0.224 e. The highest BCUT2D eigenvalue weighted by Crippen LogP contribution is 2.19. The van der Waals surface area contributed by atoms with Crippen molar-refractivity contribution in [3.05, 3.63) is 29.3 Å². The van der Waals surface area contributed by atoms with Crippen molar-refractivity contribution in [3.63, 3.8) is 0 Å². The molecule has 2 rings (SSSR count). The predicted molar refractivity (Wildman–Crippen MR) is 110 cm³/mol. The van der Waals surface area contributed by atoms with E-state index in [4.69, 9.17) is 0 Å². The van der Waals surface area contributed by atoms with Gasteiger partial charge in [-0.1, -0.05) is 12.1 Å². The lowest BCUT2D eigenvalue weighted by Crippen LogP contribution is -2.31. The summed E-state index contributed by atoms with van der Waals surface area (Å²) in [6, 6.07) is 6.38. The van der Waals surface area contributed by atoms with Gasteiger partial charge in [-0.2, -0.15) is 11.8 Å². The van der Waals surface area contributed by atoms with Crippen molar-refractivity contribution in [2.24, 2.45) is 0 Å². The quantitative estimate of drug-likeness (QED) is 0.697. The zero-order valence-corrected chi connectivity index (χ0v) is 16.9. The summed E-state index contributed by atoms with van der Waals surface area (Å²) < 4.78 is 0. The van der Waals surface area contributed by atoms with Crippen LogP contribution >= 0.6 is 36.6 Å². The minimum atomic E-state index is 0. The number of nitrogens with one attached hydrogen (secondary N) is 2. The SMILES string of the molecule is CNCCCC(=O)Nc1ccc(CN2CCSCC2)cc1C.Cl.Cl. The van der Waals surface area contributed by atoms with E-state index in [2.05, 4.69) is 34.6 Å². The molecule has 0 aromatic heterocycles. The molecule has 138 valence electrons. The summed E-state index contributed by atoms with van der Waals surface area (Å²) in [6.07, 6.45) is 1.43. The minimum absolute atomic E-state index is 0. The third kappa shape index (κ3) is 8.08. The first-order valence-corrected chi connectivity index (χ1v) is 9.18. The normalized spacial score (nSPS) is 14.4. The van der Waals surface area contributed by atoms with Crippen LogP contribution in [0.4, 0.5) is 5.69 Å². The molecule has 1 amide bonds. The molecule has 2 N–H and O–H groups in total. The van der Waals surface area contributed by atoms with Crippen molar-refractivity contribution in [2.45, 2.75) is 26.3 Å². The van der Waals surface area contributed by atoms with Crippen molar-refractivity contribution in [1.82, 2.24) is 10.2 Å². The molecule has 1 aromatic rings. The minimum Gasteiger partial charge on any atom is -0.326 e. The lowest BCUT2D eigenvalue weighted by Gasteiger charge is -2.26. The van der Waals surface area contributed by atoms with Crippen LogP contribution in [0, 0.1) is 6.92 Å². The van der Waals surface area contributed by atoms with Crippen LogP contribution in [0.2, 0.25) is 0 Å². The van der Waals surface area contributed by atoms with E-state index >= 15 is 0 Å². The average Bonchev–Trinajstić information content (AvgIpc) is 2.51. The summed E-state index contributed by atoms with van der Waals surface area (Å²) in [5.74, 6) is 2.57. The Morgan fingerprint density at radius 3 is 2.58 bits per heavy atom. The Labute approximate surface area is 162 Å². The number of carbonyl (C=O) groups is 1. The highest BCUT2D eigenvalue weighted by Gasteiger charge is 2.11. The molecule has 24 heavy (non-hydrogen) atoms. The maximum atomic E-state index is 11.9. The lowest BCUT2D eigenvalue weighted by molar-refractivity contribution is -0.116. The molecule has 1 aliphatic rings. The highest BCUT2D eigenvalue weighted by atomic mass is 35.5. The van der Waals surface area contributed by atoms with Crippen LogP contribution in [0.3, 0.4) is 0 Å². The summed E-state index contributed by atoms with van der Waals surface area (Å²) in [5.41, 5.74) is 3.41. The molecule has 0 atom stereocenters. The number of benzene rings is 1. The van der Waals surface area contributed by atoms with E-state index in [1.807, 2.05) is 24.9 Å². The first-order chi connectivity index (χ1) is 10.7. The third-order valence-electron chi connectivity index (χ3n) is 3.91. The number of carbonyl (C=O) groups excluding carboxylic acids is 1. The van der Waals surface area contributed by atoms with Crippen LogP contribution in [0.15, 0.2) is 18.2 Å². The molecule has 0 bridgehead atoms. The first-order valence-electron chi connectivity index (χ1n) is 8.03. The fraction of sp³-hybridized carbons (Fsp3) is 0.588. The van der Waals surface area contributed by atoms with Gasteiger partial charge in [-0.15, -0.1) is 24.8 Å². The monoisotopic (exact) mass is 393 g/mol. The van der Waals surface area contributed by atoms with Crippen LogP contribution in [-0.2, 0) is 11.3 Å². The average molecular weight is 394 g/mol. The summed E-state index contributed by atoms with van der Waals surface area (Å²) in [5, 5.41) is 6.07. The number of amides is 1. The van der Waals surface area contributed by atoms with Crippen molar-refractivity contribution >= 4 is 48.2 Å². The van der Waals surface area contributed by atoms with Crippen LogP contribution in [-0.4, -0.2) is 49.0 Å². The molecule has 1 aromatic carbocycles. The number of hydrogen-bond donors (Lipinski definition) is 2. The van der Waals surface area contributed by atoms with Gasteiger partial charge in [-0.3, -0.25) is 9.69 Å². The second kappa shape index (κ2) is 12.8. The van der Waals surface area contributed by atoms with Crippen LogP contribution in [0.1, 0.15) is 24.0 Å². The van der Waals surface area contributed by atoms with Gasteiger partial charge in [0.1, 0.15) is 0 Å². The number of nitrogens with zero attached hydrogens (tertiary/aromatic N) is 1. The predicted octanol–water partition coefficient (Wildman–Crippen LogP) is 3.33. The van der Waals surface area contributed by atoms with Gasteiger partial charge in [0.2, 0.25) is 5.91 Å². The summed E-state index contributed by atoms with van der Waals surface area (Å²) in [4.78, 5) is 14.4. The van der Waals surface area contributed by atoms with Gasteiger partial charge in [0.25, 0.3) is 0 Å². The van der Waals surface area contributed by atoms with E-state index in [9.17, 15) is 4.79 Å². The van der Waals surface area contributed by atoms with Crippen molar-refractivity contribution in [2.75, 3.05) is 43.5 Å². The van der Waals surface area contributed by atoms with Gasteiger partial charge in [-0.05, 0) is 44.1 Å². The van der Waals surface area contributed by atoms with E-state index < -0.39 is 0 Å². The fourth-order valence-corrected chi connectivity index (χ4v) is 3.60. The number of rotatable bonds is 7. The zero-order valence-electron chi connectivity index (χ0n) is 14.5. The van der Waals surface area contributed by atoms with Crippen molar-refractivity contribution < 1.29 is 4.79 Å². The van der Waals surface area contributed by atoms with Gasteiger partial charge in [-0.25, -0.2) is 0 Å². The maximum absolute atomic E-state index is 11.9. The number of halogens is 2. The molecule has 0 radical (unpaired) electrons. The number of hydrogen-bond acceptors (Lipinski definition) is 4. The van der Waals surface area contributed by atoms with E-state index in [0.29, 0.717) is 6.42 Å². The van der Waals surface area contributed by atoms with Gasteiger partial charge >= 0.3 is 0 Å². The molecule has 1 saturated heterocycles. The Bertz CT molecular complexity index is 497. The molecule has 7 heteroatoms. The van der Waals surface area contributed by atoms with Crippen molar-refractivity contribution in [3.8, 4) is 0 Å². The smallest absolute Gasteiger partial charge is 0.224 e. The molecule has 1 heterocycles. The Morgan fingerprint density at radius 1 is 1.25 bits per heavy atom. The zero-order chi connectivity index (χ0) is 15.8. The summed E-state index contributed by atoms with van der Waals surface area (Å²) in [6.45, 7) is 6.30. The van der Waals surface area contributed by atoms with Gasteiger partial charge in [0.05, 0.1) is 0 Å². The second-order valence-corrected chi connectivity index (χ2v) is 7.02. The molecule has 1 fully saturated rings. The molecule has 4 nitrogen and oxygen atoms in total. The Kier molecular flexibility index (Phi) is 12.6. The molecule has 0 unspecified atom stereocenters. The van der Waals surface area contributed by atoms with Crippen LogP contribution in [0.25, 0.3) is 0 Å². The molecular weight excluding hydrogens is 365 g/mol. The molecule has 0 spiro atoms. The fourth-order valence-electron chi connectivity index (χ4n) is 2.62. The molecule has 0 aliphatic carbocycles. The standard InChI is InChI=1S/C17H27N3OS.2ClH/c1-14-12-15(13-20-8-10-22-11-9-20)5-6-16(14)19-17(21)4-3-7-18-2;;/h5-6,12,18H,3-4,7-11,13H2,1-2H3,(H,19,21);2*1H. The highest BCUT2D eigenvalue weighted by molar-refractivity contribution is 7.99. The lowest BCUT2D eigenvalue weighted by atomic mass is 10.1. The van der Waals surface area contributed by atoms with E-state index in [-0.39, 0.29) is 30.7 Å². The van der Waals surface area contributed by atoms with Gasteiger partial charge in [0, 0.05) is 43.2 Å². The molecular formula is C17H29Cl2N3OS. The van der Waals surface area contributed by atoms with E-state index in [1.165, 1.54) is 30.2 Å². The van der Waals surface area contributed by atoms with E-state index in [0.717, 1.165) is 30.8 Å². The third-order valence-corrected chi connectivity index (χ3v) is 4.85. The van der Waals surface area contributed by atoms with Crippen LogP contribution in [0.5, 0.6) is 0 Å². The number of thioether (sulfide) groups is 1. The Balaban J connectivity index is 0.00000264. The summed E-state index contributed by atoms with van der Waals surface area (Å²) in [7, 11) is 1.90. The van der Waals surface area contributed by atoms with Gasteiger partial charge < -0.3 is 10.6 Å². The largest absolute Gasteiger partial charge is 0.326 e. The number of aryl methyl sites for hydroxylation is 1.